The summed E-state index contributed by atoms with van der Waals surface area (Å²) in [7, 11) is 0. The van der Waals surface area contributed by atoms with Crippen molar-refractivity contribution in [2.75, 3.05) is 0 Å². The van der Waals surface area contributed by atoms with Crippen molar-refractivity contribution < 1.29 is 4.79 Å². The molecule has 5 nitrogen and oxygen atoms in total. The van der Waals surface area contributed by atoms with E-state index in [1.807, 2.05) is 80.6 Å². The number of hydrogen-bond donors (Lipinski definition) is 1. The van der Waals surface area contributed by atoms with Crippen LogP contribution in [0.3, 0.4) is 0 Å². The Morgan fingerprint density at radius 1 is 0.970 bits per heavy atom. The van der Waals surface area contributed by atoms with Crippen molar-refractivity contribution in [3.63, 3.8) is 0 Å². The first-order chi connectivity index (χ1) is 15.9. The first kappa shape index (κ1) is 20.9. The molecule has 1 aromatic heterocycles. The minimum Gasteiger partial charge on any atom is -0.321 e. The highest BCUT2D eigenvalue weighted by molar-refractivity contribution is 6.12. The molecule has 0 aliphatic carbocycles. The molecule has 0 spiro atoms. The molecule has 3 aromatic carbocycles. The van der Waals surface area contributed by atoms with Crippen molar-refractivity contribution >= 4 is 22.5 Å². The Balaban J connectivity index is 1.76. The standard InChI is InChI=1S/C28H25N3O2/c1-17-13-14-23-22(15-17)26(20-10-5-4-6-11-20)27(28(33)29-23)24-16-25(31(30-24)19(3)32)21-12-8-7-9-18(21)2/h4-15,25H,16H2,1-3H3,(H,29,33)/t25-/m1/s1. The number of pyridine rings is 1. The number of nitrogens with one attached hydrogen (secondary N) is 1. The molecule has 1 amide bonds. The number of aromatic amines is 1. The summed E-state index contributed by atoms with van der Waals surface area (Å²) in [5.74, 6) is -0.146. The summed E-state index contributed by atoms with van der Waals surface area (Å²) in [4.78, 5) is 29.0. The van der Waals surface area contributed by atoms with E-state index in [9.17, 15) is 9.59 Å². The van der Waals surface area contributed by atoms with Crippen LogP contribution in [0.2, 0.25) is 0 Å². The lowest BCUT2D eigenvalue weighted by Crippen LogP contribution is -2.24. The van der Waals surface area contributed by atoms with E-state index in [1.54, 1.807) is 0 Å². The lowest BCUT2D eigenvalue weighted by molar-refractivity contribution is -0.130. The molecule has 1 N–H and O–H groups in total. The molecule has 5 rings (SSSR count). The number of aryl methyl sites for hydroxylation is 2. The second-order valence-electron chi connectivity index (χ2n) is 8.61. The highest BCUT2D eigenvalue weighted by Gasteiger charge is 2.34. The topological polar surface area (TPSA) is 65.5 Å². The van der Waals surface area contributed by atoms with Gasteiger partial charge in [-0.05, 0) is 42.7 Å². The van der Waals surface area contributed by atoms with E-state index < -0.39 is 0 Å². The summed E-state index contributed by atoms with van der Waals surface area (Å²) >= 11 is 0. The molecule has 0 fully saturated rings. The van der Waals surface area contributed by atoms with E-state index in [4.69, 9.17) is 5.10 Å². The molecule has 0 bridgehead atoms. The fraction of sp³-hybridized carbons (Fsp3) is 0.179. The van der Waals surface area contributed by atoms with Crippen LogP contribution in [0.15, 0.2) is 82.7 Å². The number of benzene rings is 3. The second kappa shape index (κ2) is 8.17. The van der Waals surface area contributed by atoms with Crippen LogP contribution in [-0.2, 0) is 4.79 Å². The maximum absolute atomic E-state index is 13.4. The van der Waals surface area contributed by atoms with Crippen LogP contribution in [0.1, 0.15) is 41.6 Å². The molecule has 0 saturated carbocycles. The number of hydrazone groups is 1. The fourth-order valence-electron chi connectivity index (χ4n) is 4.74. The van der Waals surface area contributed by atoms with Crippen molar-refractivity contribution in [3.05, 3.63) is 105 Å². The van der Waals surface area contributed by atoms with Gasteiger partial charge in [0.15, 0.2) is 0 Å². The molecule has 0 unspecified atom stereocenters. The molecule has 1 atom stereocenters. The number of carbonyl (C=O) groups excluding carboxylic acids is 1. The van der Waals surface area contributed by atoms with Crippen LogP contribution in [0.25, 0.3) is 22.0 Å². The van der Waals surface area contributed by atoms with Crippen molar-refractivity contribution in [3.8, 4) is 11.1 Å². The Morgan fingerprint density at radius 3 is 2.42 bits per heavy atom. The van der Waals surface area contributed by atoms with Crippen LogP contribution in [0.4, 0.5) is 0 Å². The summed E-state index contributed by atoms with van der Waals surface area (Å²) in [6, 6.07) is 23.7. The van der Waals surface area contributed by atoms with Crippen LogP contribution >= 0.6 is 0 Å². The van der Waals surface area contributed by atoms with Crippen molar-refractivity contribution in [1.82, 2.24) is 9.99 Å². The summed E-state index contributed by atoms with van der Waals surface area (Å²) in [6.45, 7) is 5.59. The van der Waals surface area contributed by atoms with Gasteiger partial charge in [-0.2, -0.15) is 5.10 Å². The van der Waals surface area contributed by atoms with E-state index in [0.29, 0.717) is 17.7 Å². The third kappa shape index (κ3) is 3.65. The number of nitrogens with zero attached hydrogens (tertiary/aromatic N) is 2. The SMILES string of the molecule is CC(=O)N1N=C(c2c(-c3ccccc3)c3cc(C)ccc3[nH]c2=O)C[C@@H]1c1ccccc1C. The van der Waals surface area contributed by atoms with E-state index in [0.717, 1.165) is 38.7 Å². The average Bonchev–Trinajstić information content (AvgIpc) is 3.24. The Bertz CT molecular complexity index is 1470. The maximum atomic E-state index is 13.4. The van der Waals surface area contributed by atoms with E-state index >= 15 is 0 Å². The third-order valence-corrected chi connectivity index (χ3v) is 6.30. The monoisotopic (exact) mass is 435 g/mol. The van der Waals surface area contributed by atoms with Gasteiger partial charge in [-0.25, -0.2) is 5.01 Å². The molecule has 1 aliphatic rings. The molecule has 0 saturated heterocycles. The van der Waals surface area contributed by atoms with Crippen LogP contribution in [-0.4, -0.2) is 21.6 Å². The van der Waals surface area contributed by atoms with Gasteiger partial charge in [0.1, 0.15) is 0 Å². The molecular formula is C28H25N3O2. The number of fused-ring (bicyclic) bond motifs is 1. The minimum absolute atomic E-state index is 0.146. The zero-order valence-electron chi connectivity index (χ0n) is 18.9. The fourth-order valence-corrected chi connectivity index (χ4v) is 4.74. The third-order valence-electron chi connectivity index (χ3n) is 6.30. The smallest absolute Gasteiger partial charge is 0.258 e. The Labute approximate surface area is 192 Å². The lowest BCUT2D eigenvalue weighted by atomic mass is 9.90. The first-order valence-corrected chi connectivity index (χ1v) is 11.1. The van der Waals surface area contributed by atoms with E-state index in [1.165, 1.54) is 11.9 Å². The van der Waals surface area contributed by atoms with Crippen LogP contribution in [0.5, 0.6) is 0 Å². The lowest BCUT2D eigenvalue weighted by Gasteiger charge is -2.22. The van der Waals surface area contributed by atoms with Gasteiger partial charge in [0, 0.05) is 29.8 Å². The summed E-state index contributed by atoms with van der Waals surface area (Å²) in [5, 5.41) is 7.20. The average molecular weight is 436 g/mol. The summed E-state index contributed by atoms with van der Waals surface area (Å²) < 4.78 is 0. The number of aromatic nitrogens is 1. The number of carbonyl (C=O) groups is 1. The van der Waals surface area contributed by atoms with Crippen molar-refractivity contribution in [2.24, 2.45) is 5.10 Å². The quantitative estimate of drug-likeness (QED) is 0.461. The highest BCUT2D eigenvalue weighted by Crippen LogP contribution is 2.37. The van der Waals surface area contributed by atoms with Gasteiger partial charge in [0.05, 0.1) is 17.3 Å². The van der Waals surface area contributed by atoms with E-state index in [2.05, 4.69) is 11.1 Å². The van der Waals surface area contributed by atoms with Gasteiger partial charge in [0.25, 0.3) is 5.56 Å². The van der Waals surface area contributed by atoms with Gasteiger partial charge >= 0.3 is 0 Å². The van der Waals surface area contributed by atoms with Crippen molar-refractivity contribution in [2.45, 2.75) is 33.2 Å². The normalized spacial score (nSPS) is 15.7. The van der Waals surface area contributed by atoms with Gasteiger partial charge in [-0.3, -0.25) is 9.59 Å². The summed E-state index contributed by atoms with van der Waals surface area (Å²) in [5.41, 5.74) is 6.79. The van der Waals surface area contributed by atoms with Gasteiger partial charge in [0.2, 0.25) is 5.91 Å². The van der Waals surface area contributed by atoms with Crippen molar-refractivity contribution in [1.29, 1.82) is 0 Å². The highest BCUT2D eigenvalue weighted by atomic mass is 16.2. The first-order valence-electron chi connectivity index (χ1n) is 11.1. The Kier molecular flexibility index (Phi) is 5.17. The molecule has 0 radical (unpaired) electrons. The number of amides is 1. The number of hydrogen-bond acceptors (Lipinski definition) is 3. The van der Waals surface area contributed by atoms with Gasteiger partial charge < -0.3 is 4.98 Å². The molecule has 164 valence electrons. The Hall–Kier alpha value is -3.99. The molecule has 4 aromatic rings. The van der Waals surface area contributed by atoms with Crippen LogP contribution in [0, 0.1) is 13.8 Å². The molecule has 1 aliphatic heterocycles. The molecule has 33 heavy (non-hydrogen) atoms. The zero-order chi connectivity index (χ0) is 23.1. The maximum Gasteiger partial charge on any atom is 0.258 e. The molecule has 5 heteroatoms. The minimum atomic E-state index is -0.241. The van der Waals surface area contributed by atoms with Gasteiger partial charge in [-0.1, -0.05) is 66.2 Å². The Morgan fingerprint density at radius 2 is 1.70 bits per heavy atom. The zero-order valence-corrected chi connectivity index (χ0v) is 18.9. The number of H-pyrrole nitrogens is 1. The largest absolute Gasteiger partial charge is 0.321 e. The van der Waals surface area contributed by atoms with Gasteiger partial charge in [-0.15, -0.1) is 0 Å². The second-order valence-corrected chi connectivity index (χ2v) is 8.61. The van der Waals surface area contributed by atoms with E-state index in [-0.39, 0.29) is 17.5 Å². The molecular weight excluding hydrogens is 410 g/mol. The molecule has 2 heterocycles. The predicted octanol–water partition coefficient (Wildman–Crippen LogP) is 5.51. The summed E-state index contributed by atoms with van der Waals surface area (Å²) in [6.07, 6.45) is 0.477. The van der Waals surface area contributed by atoms with Crippen LogP contribution < -0.4 is 5.56 Å². The number of rotatable bonds is 3. The predicted molar refractivity (Wildman–Crippen MR) is 132 cm³/mol.